The highest BCUT2D eigenvalue weighted by atomic mass is 19.2. The van der Waals surface area contributed by atoms with Crippen LogP contribution in [0.15, 0.2) is 30.3 Å². The van der Waals surface area contributed by atoms with E-state index in [0.717, 1.165) is 12.1 Å². The summed E-state index contributed by atoms with van der Waals surface area (Å²) in [5.41, 5.74) is 0.103. The van der Waals surface area contributed by atoms with Gasteiger partial charge in [0.05, 0.1) is 13.7 Å². The molecule has 0 aliphatic rings. The zero-order chi connectivity index (χ0) is 15.9. The molecule has 1 N–H and O–H groups in total. The van der Waals surface area contributed by atoms with Crippen molar-refractivity contribution in [1.82, 2.24) is 10.2 Å². The number of benzene rings is 1. The summed E-state index contributed by atoms with van der Waals surface area (Å²) < 4.78 is 35.4. The topological polar surface area (TPSA) is 73.3 Å². The Morgan fingerprint density at radius 2 is 2.00 bits per heavy atom. The average molecular weight is 309 g/mol. The van der Waals surface area contributed by atoms with E-state index in [9.17, 15) is 13.6 Å². The maximum atomic E-state index is 13.0. The minimum atomic E-state index is -0.963. The van der Waals surface area contributed by atoms with Gasteiger partial charge in [-0.2, -0.15) is 0 Å². The average Bonchev–Trinajstić information content (AvgIpc) is 2.54. The first-order valence-corrected chi connectivity index (χ1v) is 6.34. The Kier molecular flexibility index (Phi) is 5.18. The largest absolute Gasteiger partial charge is 0.492 e. The Hall–Kier alpha value is -2.77. The molecule has 1 aromatic heterocycles. The van der Waals surface area contributed by atoms with Gasteiger partial charge in [-0.05, 0) is 24.3 Å². The van der Waals surface area contributed by atoms with Crippen LogP contribution in [0.3, 0.4) is 0 Å². The summed E-state index contributed by atoms with van der Waals surface area (Å²) in [6, 6.07) is 6.34. The molecule has 1 heterocycles. The lowest BCUT2D eigenvalue weighted by molar-refractivity contribution is 0.0592. The molecular formula is C14H13F2N3O3. The number of rotatable bonds is 6. The van der Waals surface area contributed by atoms with Crippen LogP contribution in [0, 0.1) is 11.6 Å². The van der Waals surface area contributed by atoms with E-state index in [2.05, 4.69) is 20.3 Å². The number of carbonyl (C=O) groups excluding carboxylic acids is 1. The third-order valence-electron chi connectivity index (χ3n) is 2.63. The number of ether oxygens (including phenoxy) is 2. The molecule has 0 fully saturated rings. The molecule has 22 heavy (non-hydrogen) atoms. The molecule has 0 bridgehead atoms. The first-order chi connectivity index (χ1) is 10.6. The van der Waals surface area contributed by atoms with Crippen molar-refractivity contribution in [2.45, 2.75) is 0 Å². The van der Waals surface area contributed by atoms with E-state index in [1.54, 1.807) is 6.07 Å². The molecule has 1 aromatic carbocycles. The van der Waals surface area contributed by atoms with Crippen molar-refractivity contribution in [3.8, 4) is 5.75 Å². The summed E-state index contributed by atoms with van der Waals surface area (Å²) in [5, 5.41) is 10.4. The molecule has 2 aromatic rings. The lowest BCUT2D eigenvalue weighted by Crippen LogP contribution is -2.13. The van der Waals surface area contributed by atoms with Crippen LogP contribution in [-0.4, -0.2) is 36.4 Å². The number of carbonyl (C=O) groups is 1. The van der Waals surface area contributed by atoms with Crippen LogP contribution in [-0.2, 0) is 4.74 Å². The lowest BCUT2D eigenvalue weighted by Gasteiger charge is -2.08. The van der Waals surface area contributed by atoms with Gasteiger partial charge in [0.1, 0.15) is 18.2 Å². The number of hydrogen-bond donors (Lipinski definition) is 1. The summed E-state index contributed by atoms with van der Waals surface area (Å²) in [4.78, 5) is 11.2. The molecule has 0 aliphatic heterocycles. The highest BCUT2D eigenvalue weighted by molar-refractivity contribution is 5.86. The standard InChI is InChI=1S/C14H13F2N3O3/c1-21-14(20)12-4-5-13(19-18-12)17-6-7-22-9-2-3-10(15)11(16)8-9/h2-5,8H,6-7H2,1H3,(H,17,19). The van der Waals surface area contributed by atoms with Gasteiger partial charge in [-0.3, -0.25) is 0 Å². The molecular weight excluding hydrogens is 296 g/mol. The second-order valence-electron chi connectivity index (χ2n) is 4.15. The van der Waals surface area contributed by atoms with Gasteiger partial charge in [-0.15, -0.1) is 10.2 Å². The summed E-state index contributed by atoms with van der Waals surface area (Å²) in [6.45, 7) is 0.580. The van der Waals surface area contributed by atoms with Gasteiger partial charge >= 0.3 is 5.97 Å². The molecule has 0 saturated carbocycles. The predicted molar refractivity (Wildman–Crippen MR) is 73.7 cm³/mol. The number of hydrogen-bond acceptors (Lipinski definition) is 6. The van der Waals surface area contributed by atoms with E-state index in [4.69, 9.17) is 4.74 Å². The normalized spacial score (nSPS) is 10.1. The minimum Gasteiger partial charge on any atom is -0.492 e. The molecule has 0 atom stereocenters. The summed E-state index contributed by atoms with van der Waals surface area (Å²) in [5.74, 6) is -1.78. The molecule has 0 unspecified atom stereocenters. The highest BCUT2D eigenvalue weighted by Crippen LogP contribution is 2.15. The Morgan fingerprint density at radius 1 is 1.18 bits per heavy atom. The van der Waals surface area contributed by atoms with Gasteiger partial charge in [-0.1, -0.05) is 0 Å². The number of methoxy groups -OCH3 is 1. The zero-order valence-electron chi connectivity index (χ0n) is 11.7. The van der Waals surface area contributed by atoms with Crippen molar-refractivity contribution in [2.24, 2.45) is 0 Å². The molecule has 6 nitrogen and oxygen atoms in total. The van der Waals surface area contributed by atoms with Crippen molar-refractivity contribution in [2.75, 3.05) is 25.6 Å². The van der Waals surface area contributed by atoms with E-state index < -0.39 is 17.6 Å². The smallest absolute Gasteiger partial charge is 0.358 e. The second-order valence-corrected chi connectivity index (χ2v) is 4.15. The quantitative estimate of drug-likeness (QED) is 0.650. The maximum Gasteiger partial charge on any atom is 0.358 e. The number of halogens is 2. The maximum absolute atomic E-state index is 13.0. The van der Waals surface area contributed by atoms with Crippen molar-refractivity contribution < 1.29 is 23.0 Å². The summed E-state index contributed by atoms with van der Waals surface area (Å²) >= 11 is 0. The highest BCUT2D eigenvalue weighted by Gasteiger charge is 2.07. The first-order valence-electron chi connectivity index (χ1n) is 6.34. The van der Waals surface area contributed by atoms with Crippen molar-refractivity contribution in [3.63, 3.8) is 0 Å². The van der Waals surface area contributed by atoms with Crippen LogP contribution in [0.5, 0.6) is 5.75 Å². The van der Waals surface area contributed by atoms with Crippen LogP contribution in [0.25, 0.3) is 0 Å². The second kappa shape index (κ2) is 7.30. The van der Waals surface area contributed by atoms with E-state index in [0.29, 0.717) is 12.4 Å². The minimum absolute atomic E-state index is 0.103. The monoisotopic (exact) mass is 309 g/mol. The van der Waals surface area contributed by atoms with Crippen LogP contribution in [0.4, 0.5) is 14.6 Å². The van der Waals surface area contributed by atoms with E-state index in [-0.39, 0.29) is 18.1 Å². The molecule has 0 amide bonds. The number of anilines is 1. The van der Waals surface area contributed by atoms with Crippen molar-refractivity contribution in [1.29, 1.82) is 0 Å². The summed E-state index contributed by atoms with van der Waals surface area (Å²) in [7, 11) is 1.26. The fourth-order valence-electron chi connectivity index (χ4n) is 1.55. The number of esters is 1. The molecule has 0 spiro atoms. The Labute approximate surface area is 125 Å². The third kappa shape index (κ3) is 4.11. The third-order valence-corrected chi connectivity index (χ3v) is 2.63. The van der Waals surface area contributed by atoms with Crippen LogP contribution < -0.4 is 10.1 Å². The number of aromatic nitrogens is 2. The van der Waals surface area contributed by atoms with Gasteiger partial charge in [0.25, 0.3) is 0 Å². The Bertz CT molecular complexity index is 650. The molecule has 0 saturated heterocycles. The van der Waals surface area contributed by atoms with Crippen molar-refractivity contribution >= 4 is 11.8 Å². The van der Waals surface area contributed by atoms with Crippen LogP contribution in [0.1, 0.15) is 10.5 Å². The number of nitrogens with zero attached hydrogens (tertiary/aromatic N) is 2. The summed E-state index contributed by atoms with van der Waals surface area (Å²) in [6.07, 6.45) is 0. The van der Waals surface area contributed by atoms with Crippen LogP contribution >= 0.6 is 0 Å². The molecule has 8 heteroatoms. The van der Waals surface area contributed by atoms with Gasteiger partial charge < -0.3 is 14.8 Å². The van der Waals surface area contributed by atoms with Gasteiger partial charge in [0.15, 0.2) is 17.3 Å². The fourth-order valence-corrected chi connectivity index (χ4v) is 1.55. The lowest BCUT2D eigenvalue weighted by atomic mass is 10.3. The SMILES string of the molecule is COC(=O)c1ccc(NCCOc2ccc(F)c(F)c2)nn1. The van der Waals surface area contributed by atoms with Crippen molar-refractivity contribution in [3.05, 3.63) is 47.7 Å². The molecule has 0 aliphatic carbocycles. The van der Waals surface area contributed by atoms with E-state index >= 15 is 0 Å². The van der Waals surface area contributed by atoms with E-state index in [1.807, 2.05) is 0 Å². The molecule has 2 rings (SSSR count). The van der Waals surface area contributed by atoms with E-state index in [1.165, 1.54) is 19.2 Å². The Morgan fingerprint density at radius 3 is 2.64 bits per heavy atom. The molecule has 0 radical (unpaired) electrons. The number of nitrogens with one attached hydrogen (secondary N) is 1. The predicted octanol–water partition coefficient (Wildman–Crippen LogP) is 2.03. The first kappa shape index (κ1) is 15.6. The van der Waals surface area contributed by atoms with Gasteiger partial charge in [-0.25, -0.2) is 13.6 Å². The fraction of sp³-hybridized carbons (Fsp3) is 0.214. The van der Waals surface area contributed by atoms with Crippen LogP contribution in [0.2, 0.25) is 0 Å². The Balaban J connectivity index is 1.78. The zero-order valence-corrected chi connectivity index (χ0v) is 11.7. The molecule has 116 valence electrons. The van der Waals surface area contributed by atoms with Gasteiger partial charge in [0.2, 0.25) is 0 Å². The van der Waals surface area contributed by atoms with Gasteiger partial charge in [0, 0.05) is 6.07 Å².